The number of benzene rings is 2. The summed E-state index contributed by atoms with van der Waals surface area (Å²) in [6, 6.07) is 12.0. The zero-order valence-corrected chi connectivity index (χ0v) is 17.5. The lowest BCUT2D eigenvalue weighted by Crippen LogP contribution is -2.30. The van der Waals surface area contributed by atoms with E-state index in [1.54, 1.807) is 0 Å². The molecule has 0 amide bonds. The molecule has 2 aromatic carbocycles. The van der Waals surface area contributed by atoms with Crippen molar-refractivity contribution in [2.45, 2.75) is 51.7 Å². The van der Waals surface area contributed by atoms with Crippen molar-refractivity contribution in [3.05, 3.63) is 47.5 Å². The fourth-order valence-electron chi connectivity index (χ4n) is 4.36. The number of rotatable bonds is 9. The second-order valence-corrected chi connectivity index (χ2v) is 8.37. The number of hydrogen-bond donors (Lipinski definition) is 2. The van der Waals surface area contributed by atoms with E-state index in [1.807, 2.05) is 44.2 Å². The Hall–Kier alpha value is -2.44. The molecule has 0 unspecified atom stereocenters. The molecule has 2 N–H and O–H groups in total. The van der Waals surface area contributed by atoms with E-state index in [0.29, 0.717) is 6.42 Å². The first-order valence-electron chi connectivity index (χ1n) is 10.6. The molecule has 0 radical (unpaired) electrons. The summed E-state index contributed by atoms with van der Waals surface area (Å²) in [6.07, 6.45) is 2.19. The van der Waals surface area contributed by atoms with Crippen LogP contribution in [0.25, 0.3) is 0 Å². The lowest BCUT2D eigenvalue weighted by Gasteiger charge is -2.30. The number of aliphatic hydroxyl groups is 2. The molecule has 30 heavy (non-hydrogen) atoms. The van der Waals surface area contributed by atoms with Gasteiger partial charge in [-0.2, -0.15) is 0 Å². The molecule has 0 aromatic heterocycles. The maximum Gasteiger partial charge on any atom is 0.231 e. The normalized spacial score (nSPS) is 18.1. The smallest absolute Gasteiger partial charge is 0.231 e. The van der Waals surface area contributed by atoms with Crippen molar-refractivity contribution >= 4 is 0 Å². The van der Waals surface area contributed by atoms with Gasteiger partial charge in [0.15, 0.2) is 23.0 Å². The monoisotopic (exact) mass is 414 g/mol. The van der Waals surface area contributed by atoms with E-state index in [9.17, 15) is 10.2 Å². The van der Waals surface area contributed by atoms with E-state index < -0.39 is 6.10 Å². The zero-order chi connectivity index (χ0) is 21.1. The Morgan fingerprint density at radius 2 is 1.27 bits per heavy atom. The Balaban J connectivity index is 1.54. The van der Waals surface area contributed by atoms with Gasteiger partial charge < -0.3 is 29.2 Å². The van der Waals surface area contributed by atoms with Crippen LogP contribution < -0.4 is 18.9 Å². The van der Waals surface area contributed by atoms with E-state index in [4.69, 9.17) is 18.9 Å². The van der Waals surface area contributed by atoms with E-state index in [2.05, 4.69) is 6.07 Å². The first kappa shape index (κ1) is 20.8. The predicted octanol–water partition coefficient (Wildman–Crippen LogP) is 3.70. The summed E-state index contributed by atoms with van der Waals surface area (Å²) in [5.41, 5.74) is 2.25. The molecule has 6 nitrogen and oxygen atoms in total. The number of hydrogen-bond acceptors (Lipinski definition) is 6. The third-order valence-electron chi connectivity index (χ3n) is 6.02. The van der Waals surface area contributed by atoms with Crippen molar-refractivity contribution in [3.63, 3.8) is 0 Å². The lowest BCUT2D eigenvalue weighted by atomic mass is 9.77. The maximum atomic E-state index is 10.7. The van der Waals surface area contributed by atoms with E-state index in [0.717, 1.165) is 53.4 Å². The third-order valence-corrected chi connectivity index (χ3v) is 6.02. The van der Waals surface area contributed by atoms with Crippen LogP contribution in [0.15, 0.2) is 36.4 Å². The van der Waals surface area contributed by atoms with Crippen molar-refractivity contribution in [2.24, 2.45) is 11.8 Å². The fourth-order valence-corrected chi connectivity index (χ4v) is 4.36. The highest BCUT2D eigenvalue weighted by Gasteiger charge is 2.28. The molecule has 2 aromatic rings. The number of aliphatic hydroxyl groups excluding tert-OH is 2. The van der Waals surface area contributed by atoms with Crippen LogP contribution in [-0.4, -0.2) is 36.0 Å². The van der Waals surface area contributed by atoms with Crippen LogP contribution in [-0.2, 0) is 12.8 Å². The van der Waals surface area contributed by atoms with Gasteiger partial charge in [0, 0.05) is 0 Å². The molecule has 0 bridgehead atoms. The van der Waals surface area contributed by atoms with Gasteiger partial charge in [-0.3, -0.25) is 0 Å². The molecule has 0 fully saturated rings. The molecule has 162 valence electrons. The van der Waals surface area contributed by atoms with Gasteiger partial charge in [0.2, 0.25) is 13.6 Å². The van der Waals surface area contributed by atoms with Crippen molar-refractivity contribution in [2.75, 3.05) is 13.6 Å². The molecule has 0 saturated heterocycles. The highest BCUT2D eigenvalue weighted by atomic mass is 16.7. The Labute approximate surface area is 177 Å². The summed E-state index contributed by atoms with van der Waals surface area (Å²) in [7, 11) is 0. The molecule has 2 aliphatic rings. The third kappa shape index (κ3) is 4.82. The van der Waals surface area contributed by atoms with E-state index >= 15 is 0 Å². The zero-order valence-electron chi connectivity index (χ0n) is 17.5. The van der Waals surface area contributed by atoms with Crippen molar-refractivity contribution in [1.82, 2.24) is 0 Å². The van der Waals surface area contributed by atoms with Gasteiger partial charge in [0.05, 0.1) is 12.2 Å². The summed E-state index contributed by atoms with van der Waals surface area (Å²) in [4.78, 5) is 0. The molecular formula is C24H30O6. The number of ether oxygens (including phenoxy) is 4. The van der Waals surface area contributed by atoms with Crippen LogP contribution in [0.1, 0.15) is 37.8 Å². The highest BCUT2D eigenvalue weighted by molar-refractivity contribution is 5.45. The molecule has 0 spiro atoms. The van der Waals surface area contributed by atoms with Crippen LogP contribution in [0, 0.1) is 11.8 Å². The summed E-state index contributed by atoms with van der Waals surface area (Å²) in [5, 5.41) is 20.6. The van der Waals surface area contributed by atoms with Crippen LogP contribution in [0.3, 0.4) is 0 Å². The lowest BCUT2D eigenvalue weighted by molar-refractivity contribution is 0.0751. The van der Waals surface area contributed by atoms with Gasteiger partial charge in [0.1, 0.15) is 0 Å². The highest BCUT2D eigenvalue weighted by Crippen LogP contribution is 2.37. The van der Waals surface area contributed by atoms with E-state index in [1.165, 1.54) is 0 Å². The minimum atomic E-state index is -0.483. The quantitative estimate of drug-likeness (QED) is 0.652. The minimum Gasteiger partial charge on any atom is -0.454 e. The average Bonchev–Trinajstić information content (AvgIpc) is 3.37. The second kappa shape index (κ2) is 9.14. The summed E-state index contributed by atoms with van der Waals surface area (Å²) in [5.74, 6) is 3.30. The Morgan fingerprint density at radius 3 is 1.80 bits per heavy atom. The fraction of sp³-hybridized carbons (Fsp3) is 0.500. The minimum absolute atomic E-state index is 0.0366. The van der Waals surface area contributed by atoms with Crippen molar-refractivity contribution in [3.8, 4) is 23.0 Å². The van der Waals surface area contributed by atoms with Crippen LogP contribution in [0.5, 0.6) is 23.0 Å². The molecule has 0 aliphatic carbocycles. The molecule has 4 rings (SSSR count). The SMILES string of the molecule is C[C@@H](O)CC[C@H](Cc1ccc2c(c1)OCO2)[C@@H](Cc1ccc2c(c1)OCO2)[C@@H](C)O. The first-order chi connectivity index (χ1) is 14.5. The Kier molecular flexibility index (Phi) is 6.35. The summed E-state index contributed by atoms with van der Waals surface area (Å²) in [6.45, 7) is 4.17. The number of fused-ring (bicyclic) bond motifs is 2. The van der Waals surface area contributed by atoms with Gasteiger partial charge in [-0.15, -0.1) is 0 Å². The topological polar surface area (TPSA) is 77.4 Å². The molecule has 6 heteroatoms. The van der Waals surface area contributed by atoms with Crippen LogP contribution in [0.4, 0.5) is 0 Å². The summed E-state index contributed by atoms with van der Waals surface area (Å²) >= 11 is 0. The average molecular weight is 414 g/mol. The van der Waals surface area contributed by atoms with Crippen molar-refractivity contribution < 1.29 is 29.2 Å². The van der Waals surface area contributed by atoms with Crippen molar-refractivity contribution in [1.29, 1.82) is 0 Å². The van der Waals surface area contributed by atoms with Crippen LogP contribution in [0.2, 0.25) is 0 Å². The second-order valence-electron chi connectivity index (χ2n) is 8.37. The Morgan fingerprint density at radius 1 is 0.733 bits per heavy atom. The van der Waals surface area contributed by atoms with Gasteiger partial charge in [-0.1, -0.05) is 12.1 Å². The van der Waals surface area contributed by atoms with Gasteiger partial charge in [-0.25, -0.2) is 0 Å². The molecule has 0 saturated carbocycles. The summed E-state index contributed by atoms with van der Waals surface area (Å²) < 4.78 is 21.9. The molecule has 2 aliphatic heterocycles. The van der Waals surface area contributed by atoms with Gasteiger partial charge in [0.25, 0.3) is 0 Å². The predicted molar refractivity (Wildman–Crippen MR) is 112 cm³/mol. The Bertz CT molecular complexity index is 863. The van der Waals surface area contributed by atoms with Gasteiger partial charge >= 0.3 is 0 Å². The molecule has 2 heterocycles. The maximum absolute atomic E-state index is 10.7. The van der Waals surface area contributed by atoms with Gasteiger partial charge in [-0.05, 0) is 86.8 Å². The first-order valence-corrected chi connectivity index (χ1v) is 10.6. The van der Waals surface area contributed by atoms with E-state index in [-0.39, 0.29) is 31.5 Å². The van der Waals surface area contributed by atoms with Crippen LogP contribution >= 0.6 is 0 Å². The molecular weight excluding hydrogens is 384 g/mol. The largest absolute Gasteiger partial charge is 0.454 e. The molecule has 4 atom stereocenters. The standard InChI is InChI=1S/C24H30O6/c1-15(25)3-6-19(9-17-4-7-21-23(11-17)29-13-27-21)20(16(2)26)10-18-5-8-22-24(12-18)30-14-28-22/h4-5,7-8,11-12,15-16,19-20,25-26H,3,6,9-10,13-14H2,1-2H3/t15-,16-,19-,20+/m1/s1.